The maximum atomic E-state index is 13.8. The average Bonchev–Trinajstić information content (AvgIpc) is 3.52. The molecule has 0 saturated carbocycles. The van der Waals surface area contributed by atoms with E-state index >= 15 is 0 Å². The first-order valence-corrected chi connectivity index (χ1v) is 13.8. The number of hydrogen-bond donors (Lipinski definition) is 0. The predicted molar refractivity (Wildman–Crippen MR) is 138 cm³/mol. The standard InChI is InChI=1S/C25H25ClN4O2S2/c1-19-9-10-21(26)16-22(19)28-11-13-30(14-12-28)34(31,32)24-18-29(17-20-6-3-2-4-7-20)27-25(24)23-8-5-15-33-23/h2-10,15-16,18H,11-14,17H2,1H3. The highest BCUT2D eigenvalue weighted by atomic mass is 35.5. The number of halogens is 1. The molecule has 3 heterocycles. The van der Waals surface area contributed by atoms with Crippen molar-refractivity contribution in [1.29, 1.82) is 0 Å². The van der Waals surface area contributed by atoms with Gasteiger partial charge < -0.3 is 4.90 Å². The average molecular weight is 513 g/mol. The number of anilines is 1. The summed E-state index contributed by atoms with van der Waals surface area (Å²) in [6.45, 7) is 4.57. The summed E-state index contributed by atoms with van der Waals surface area (Å²) in [6, 6.07) is 19.6. The molecule has 0 aliphatic carbocycles. The molecule has 1 saturated heterocycles. The fraction of sp³-hybridized carbons (Fsp3) is 0.240. The molecule has 4 aromatic rings. The van der Waals surface area contributed by atoms with Crippen molar-refractivity contribution in [3.63, 3.8) is 0 Å². The van der Waals surface area contributed by atoms with Gasteiger partial charge in [-0.1, -0.05) is 54.1 Å². The third-order valence-electron chi connectivity index (χ3n) is 6.04. The van der Waals surface area contributed by atoms with Crippen LogP contribution in [-0.4, -0.2) is 48.7 Å². The van der Waals surface area contributed by atoms with Gasteiger partial charge in [-0.25, -0.2) is 8.42 Å². The van der Waals surface area contributed by atoms with Crippen molar-refractivity contribution in [2.45, 2.75) is 18.4 Å². The van der Waals surface area contributed by atoms with E-state index in [-0.39, 0.29) is 4.90 Å². The van der Waals surface area contributed by atoms with Gasteiger partial charge in [-0.2, -0.15) is 9.40 Å². The summed E-state index contributed by atoms with van der Waals surface area (Å²) in [5, 5.41) is 7.31. The van der Waals surface area contributed by atoms with E-state index in [9.17, 15) is 8.42 Å². The molecule has 0 bridgehead atoms. The maximum absolute atomic E-state index is 13.8. The molecule has 6 nitrogen and oxygen atoms in total. The number of thiophene rings is 1. The van der Waals surface area contributed by atoms with Crippen LogP contribution in [0.25, 0.3) is 10.6 Å². The first-order chi connectivity index (χ1) is 16.4. The Morgan fingerprint density at radius 2 is 1.76 bits per heavy atom. The van der Waals surface area contributed by atoms with Gasteiger partial charge in [0, 0.05) is 43.1 Å². The summed E-state index contributed by atoms with van der Waals surface area (Å²) in [7, 11) is -3.71. The molecule has 2 aromatic carbocycles. The van der Waals surface area contributed by atoms with Crippen LogP contribution in [0.2, 0.25) is 5.02 Å². The fourth-order valence-electron chi connectivity index (χ4n) is 4.26. The van der Waals surface area contributed by atoms with Crippen LogP contribution in [0.1, 0.15) is 11.1 Å². The Kier molecular flexibility index (Phi) is 6.48. The Balaban J connectivity index is 1.42. The second kappa shape index (κ2) is 9.54. The van der Waals surface area contributed by atoms with E-state index in [2.05, 4.69) is 10.00 Å². The van der Waals surface area contributed by atoms with Crippen LogP contribution in [0.5, 0.6) is 0 Å². The first-order valence-electron chi connectivity index (χ1n) is 11.1. The molecule has 176 valence electrons. The maximum Gasteiger partial charge on any atom is 0.246 e. The van der Waals surface area contributed by atoms with Crippen LogP contribution >= 0.6 is 22.9 Å². The lowest BCUT2D eigenvalue weighted by Crippen LogP contribution is -2.48. The number of benzene rings is 2. The molecule has 34 heavy (non-hydrogen) atoms. The van der Waals surface area contributed by atoms with Gasteiger partial charge in [0.05, 0.1) is 11.4 Å². The number of nitrogens with zero attached hydrogens (tertiary/aromatic N) is 4. The van der Waals surface area contributed by atoms with Crippen molar-refractivity contribution in [2.75, 3.05) is 31.1 Å². The Morgan fingerprint density at radius 3 is 2.47 bits per heavy atom. The highest BCUT2D eigenvalue weighted by molar-refractivity contribution is 7.89. The van der Waals surface area contributed by atoms with Gasteiger partial charge in [-0.15, -0.1) is 11.3 Å². The molecule has 0 atom stereocenters. The van der Waals surface area contributed by atoms with Crippen molar-refractivity contribution in [3.05, 3.63) is 88.4 Å². The van der Waals surface area contributed by atoms with E-state index in [4.69, 9.17) is 11.6 Å². The molecular formula is C25H25ClN4O2S2. The van der Waals surface area contributed by atoms with Gasteiger partial charge in [-0.3, -0.25) is 4.68 Å². The Bertz CT molecular complexity index is 1380. The SMILES string of the molecule is Cc1ccc(Cl)cc1N1CCN(S(=O)(=O)c2cn(Cc3ccccc3)nc2-c2cccs2)CC1. The number of rotatable bonds is 6. The van der Waals surface area contributed by atoms with Crippen LogP contribution in [-0.2, 0) is 16.6 Å². The molecule has 9 heteroatoms. The second-order valence-electron chi connectivity index (χ2n) is 8.32. The predicted octanol–water partition coefficient (Wildman–Crippen LogP) is 5.13. The Hall–Kier alpha value is -2.65. The van der Waals surface area contributed by atoms with Gasteiger partial charge in [0.2, 0.25) is 10.0 Å². The van der Waals surface area contributed by atoms with E-state index in [1.54, 1.807) is 15.2 Å². The number of hydrogen-bond acceptors (Lipinski definition) is 5. The van der Waals surface area contributed by atoms with Gasteiger partial charge >= 0.3 is 0 Å². The molecule has 1 aliphatic heterocycles. The summed E-state index contributed by atoms with van der Waals surface area (Å²) in [5.41, 5.74) is 3.76. The quantitative estimate of drug-likeness (QED) is 0.359. The van der Waals surface area contributed by atoms with Crippen LogP contribution < -0.4 is 4.90 Å². The molecule has 0 N–H and O–H groups in total. The summed E-state index contributed by atoms with van der Waals surface area (Å²) in [4.78, 5) is 3.31. The highest BCUT2D eigenvalue weighted by Crippen LogP contribution is 2.33. The van der Waals surface area contributed by atoms with Crippen LogP contribution in [0, 0.1) is 6.92 Å². The lowest BCUT2D eigenvalue weighted by molar-refractivity contribution is 0.385. The van der Waals surface area contributed by atoms with E-state index in [1.807, 2.05) is 73.0 Å². The minimum Gasteiger partial charge on any atom is -0.369 e. The van der Waals surface area contributed by atoms with Gasteiger partial charge in [0.15, 0.2) is 0 Å². The normalized spacial score (nSPS) is 15.1. The summed E-state index contributed by atoms with van der Waals surface area (Å²) in [5.74, 6) is 0. The van der Waals surface area contributed by atoms with Crippen molar-refractivity contribution >= 4 is 38.6 Å². The zero-order valence-electron chi connectivity index (χ0n) is 18.8. The van der Waals surface area contributed by atoms with Crippen LogP contribution in [0.15, 0.2) is 77.1 Å². The minimum absolute atomic E-state index is 0.262. The number of sulfonamides is 1. The monoisotopic (exact) mass is 512 g/mol. The second-order valence-corrected chi connectivity index (χ2v) is 11.6. The van der Waals surface area contributed by atoms with E-state index in [0.29, 0.717) is 43.4 Å². The Labute approximate surface area is 209 Å². The lowest BCUT2D eigenvalue weighted by atomic mass is 10.1. The number of piperazine rings is 1. The smallest absolute Gasteiger partial charge is 0.246 e. The number of aromatic nitrogens is 2. The van der Waals surface area contributed by atoms with Crippen LogP contribution in [0.3, 0.4) is 0 Å². The first kappa shape index (κ1) is 23.1. The zero-order chi connectivity index (χ0) is 23.7. The van der Waals surface area contributed by atoms with Crippen molar-refractivity contribution in [3.8, 4) is 10.6 Å². The lowest BCUT2D eigenvalue weighted by Gasteiger charge is -2.36. The number of aryl methyl sites for hydroxylation is 1. The molecule has 0 radical (unpaired) electrons. The summed E-state index contributed by atoms with van der Waals surface area (Å²) in [6.07, 6.45) is 1.67. The largest absolute Gasteiger partial charge is 0.369 e. The van der Waals surface area contributed by atoms with Crippen molar-refractivity contribution in [2.24, 2.45) is 0 Å². The van der Waals surface area contributed by atoms with E-state index in [1.165, 1.54) is 11.3 Å². The van der Waals surface area contributed by atoms with Gasteiger partial charge in [0.1, 0.15) is 10.6 Å². The third kappa shape index (κ3) is 4.63. The van der Waals surface area contributed by atoms with Gasteiger partial charge in [0.25, 0.3) is 0 Å². The molecule has 2 aromatic heterocycles. The molecular weight excluding hydrogens is 488 g/mol. The molecule has 0 unspecified atom stereocenters. The molecule has 1 fully saturated rings. The molecule has 0 amide bonds. The summed E-state index contributed by atoms with van der Waals surface area (Å²) >= 11 is 7.70. The Morgan fingerprint density at radius 1 is 1.00 bits per heavy atom. The molecule has 5 rings (SSSR count). The topological polar surface area (TPSA) is 58.4 Å². The van der Waals surface area contributed by atoms with Crippen molar-refractivity contribution in [1.82, 2.24) is 14.1 Å². The minimum atomic E-state index is -3.71. The molecule has 0 spiro atoms. The van der Waals surface area contributed by atoms with E-state index < -0.39 is 10.0 Å². The molecule has 1 aliphatic rings. The summed E-state index contributed by atoms with van der Waals surface area (Å²) < 4.78 is 30.8. The highest BCUT2D eigenvalue weighted by Gasteiger charge is 2.33. The fourth-order valence-corrected chi connectivity index (χ4v) is 6.79. The third-order valence-corrected chi connectivity index (χ3v) is 9.05. The van der Waals surface area contributed by atoms with Crippen LogP contribution in [0.4, 0.5) is 5.69 Å². The van der Waals surface area contributed by atoms with Crippen molar-refractivity contribution < 1.29 is 8.42 Å². The zero-order valence-corrected chi connectivity index (χ0v) is 21.2. The van der Waals surface area contributed by atoms with E-state index in [0.717, 1.165) is 21.7 Å². The van der Waals surface area contributed by atoms with Gasteiger partial charge in [-0.05, 0) is 41.6 Å².